The van der Waals surface area contributed by atoms with Gasteiger partial charge in [-0.1, -0.05) is 6.92 Å². The van der Waals surface area contributed by atoms with E-state index in [4.69, 9.17) is 0 Å². The van der Waals surface area contributed by atoms with Gasteiger partial charge in [0.2, 0.25) is 0 Å². The molecule has 1 unspecified atom stereocenters. The summed E-state index contributed by atoms with van der Waals surface area (Å²) < 4.78 is 39.9. The minimum atomic E-state index is -4.63. The van der Waals surface area contributed by atoms with Gasteiger partial charge < -0.3 is 4.90 Å². The van der Waals surface area contributed by atoms with Crippen molar-refractivity contribution in [3.8, 4) is 0 Å². The molecule has 6 nitrogen and oxygen atoms in total. The Balaban J connectivity index is 2.14. The zero-order chi connectivity index (χ0) is 16.9. The number of aromatic nitrogens is 4. The second kappa shape index (κ2) is 5.17. The first-order valence-electron chi connectivity index (χ1n) is 7.27. The van der Waals surface area contributed by atoms with Crippen molar-refractivity contribution in [3.63, 3.8) is 0 Å². The number of anilines is 1. The molecule has 0 aliphatic carbocycles. The van der Waals surface area contributed by atoms with Crippen LogP contribution in [0.2, 0.25) is 0 Å². The fourth-order valence-corrected chi connectivity index (χ4v) is 2.80. The molecule has 3 rings (SSSR count). The molecule has 0 saturated carbocycles. The largest absolute Gasteiger partial charge is 0.453 e. The molecule has 124 valence electrons. The van der Waals surface area contributed by atoms with Crippen molar-refractivity contribution in [2.24, 2.45) is 5.92 Å². The number of halogens is 3. The quantitative estimate of drug-likeness (QED) is 0.803. The Bertz CT molecular complexity index is 783. The lowest BCUT2D eigenvalue weighted by molar-refractivity contribution is -0.146. The van der Waals surface area contributed by atoms with Crippen molar-refractivity contribution in [1.29, 1.82) is 0 Å². The van der Waals surface area contributed by atoms with Gasteiger partial charge in [0.1, 0.15) is 5.78 Å². The molecule has 9 heteroatoms. The molecule has 3 heterocycles. The Morgan fingerprint density at radius 2 is 1.87 bits per heavy atom. The molecule has 1 aliphatic rings. The first-order chi connectivity index (χ1) is 10.7. The molecule has 0 amide bonds. The summed E-state index contributed by atoms with van der Waals surface area (Å²) in [6.07, 6.45) is -4.26. The molecular weight excluding hydrogens is 311 g/mol. The highest BCUT2D eigenvalue weighted by molar-refractivity contribution is 5.83. The molecule has 0 N–H and O–H groups in total. The lowest BCUT2D eigenvalue weighted by Crippen LogP contribution is -2.40. The number of nitrogens with zero attached hydrogens (tertiary/aromatic N) is 5. The number of fused-ring (bicyclic) bond motifs is 1. The van der Waals surface area contributed by atoms with Crippen LogP contribution < -0.4 is 4.90 Å². The molecule has 23 heavy (non-hydrogen) atoms. The fraction of sp³-hybridized carbons (Fsp3) is 0.571. The van der Waals surface area contributed by atoms with Crippen molar-refractivity contribution in [2.75, 3.05) is 18.0 Å². The summed E-state index contributed by atoms with van der Waals surface area (Å²) in [5.74, 6) is -0.696. The van der Waals surface area contributed by atoms with Gasteiger partial charge in [-0.25, -0.2) is 0 Å². The Hall–Kier alpha value is -2.19. The van der Waals surface area contributed by atoms with Crippen LogP contribution in [0, 0.1) is 19.8 Å². The molecule has 1 fully saturated rings. The molecular formula is C14H16F3N5O. The van der Waals surface area contributed by atoms with Crippen LogP contribution in [-0.4, -0.2) is 38.7 Å². The highest BCUT2D eigenvalue weighted by atomic mass is 19.4. The van der Waals surface area contributed by atoms with E-state index in [2.05, 4.69) is 15.3 Å². The molecule has 0 aromatic carbocycles. The number of hydrogen-bond acceptors (Lipinski definition) is 5. The Labute approximate surface area is 130 Å². The van der Waals surface area contributed by atoms with Crippen LogP contribution in [0.5, 0.6) is 0 Å². The average Bonchev–Trinajstić information content (AvgIpc) is 2.90. The predicted molar refractivity (Wildman–Crippen MR) is 76.3 cm³/mol. The van der Waals surface area contributed by atoms with Crippen LogP contribution in [-0.2, 0) is 11.0 Å². The zero-order valence-electron chi connectivity index (χ0n) is 13.0. The summed E-state index contributed by atoms with van der Waals surface area (Å²) in [5, 5.41) is 11.0. The van der Waals surface area contributed by atoms with Crippen LogP contribution in [0.15, 0.2) is 0 Å². The van der Waals surface area contributed by atoms with Gasteiger partial charge in [0.05, 0.1) is 0 Å². The molecule has 1 aliphatic heterocycles. The van der Waals surface area contributed by atoms with Gasteiger partial charge in [-0.2, -0.15) is 17.7 Å². The van der Waals surface area contributed by atoms with Gasteiger partial charge in [-0.15, -0.1) is 15.3 Å². The number of hydrogen-bond donors (Lipinski definition) is 0. The van der Waals surface area contributed by atoms with E-state index < -0.39 is 12.0 Å². The molecule has 0 spiro atoms. The van der Waals surface area contributed by atoms with E-state index in [1.54, 1.807) is 13.8 Å². The second-order valence-corrected chi connectivity index (χ2v) is 5.89. The zero-order valence-corrected chi connectivity index (χ0v) is 13.0. The van der Waals surface area contributed by atoms with E-state index in [-0.39, 0.29) is 17.3 Å². The average molecular weight is 327 g/mol. The van der Waals surface area contributed by atoms with E-state index in [0.717, 1.165) is 10.1 Å². The van der Waals surface area contributed by atoms with Crippen LogP contribution in [0.4, 0.5) is 19.0 Å². The standard InChI is InChI=1S/C14H16F3N5O/c1-7-6-21(5-4-10(7)23)12-9(3)8(2)11-18-19-13(14(15,16)17)22(11)20-12/h7H,4-6H2,1-3H3. The van der Waals surface area contributed by atoms with Gasteiger partial charge in [0.25, 0.3) is 5.82 Å². The molecule has 1 atom stereocenters. The van der Waals surface area contributed by atoms with E-state index in [0.29, 0.717) is 30.9 Å². The van der Waals surface area contributed by atoms with Gasteiger partial charge in [-0.05, 0) is 13.8 Å². The third-order valence-corrected chi connectivity index (χ3v) is 4.29. The summed E-state index contributed by atoms with van der Waals surface area (Å²) in [6, 6.07) is 0. The summed E-state index contributed by atoms with van der Waals surface area (Å²) in [6.45, 7) is 6.20. The molecule has 0 radical (unpaired) electrons. The summed E-state index contributed by atoms with van der Waals surface area (Å²) in [5.41, 5.74) is 1.45. The highest BCUT2D eigenvalue weighted by Crippen LogP contribution is 2.31. The number of carbonyl (C=O) groups excluding carboxylic acids is 1. The third kappa shape index (κ3) is 2.53. The van der Waals surface area contributed by atoms with Crippen molar-refractivity contribution in [3.05, 3.63) is 17.0 Å². The monoisotopic (exact) mass is 327 g/mol. The van der Waals surface area contributed by atoms with Crippen LogP contribution in [0.25, 0.3) is 5.65 Å². The smallest absolute Gasteiger partial charge is 0.354 e. The summed E-state index contributed by atoms with van der Waals surface area (Å²) in [7, 11) is 0. The van der Waals surface area contributed by atoms with Crippen molar-refractivity contribution in [2.45, 2.75) is 33.4 Å². The Kier molecular flexibility index (Phi) is 3.53. The number of piperidine rings is 1. The van der Waals surface area contributed by atoms with E-state index in [1.165, 1.54) is 0 Å². The van der Waals surface area contributed by atoms with Crippen molar-refractivity contribution in [1.82, 2.24) is 19.8 Å². The lowest BCUT2D eigenvalue weighted by Gasteiger charge is -2.32. The predicted octanol–water partition coefficient (Wildman–Crippen LogP) is 2.18. The highest BCUT2D eigenvalue weighted by Gasteiger charge is 2.38. The molecule has 2 aromatic rings. The van der Waals surface area contributed by atoms with Gasteiger partial charge >= 0.3 is 6.18 Å². The number of alkyl halides is 3. The maximum atomic E-state index is 13.0. The van der Waals surface area contributed by atoms with Gasteiger partial charge in [-0.3, -0.25) is 4.79 Å². The first-order valence-corrected chi connectivity index (χ1v) is 7.27. The maximum Gasteiger partial charge on any atom is 0.453 e. The van der Waals surface area contributed by atoms with E-state index in [1.807, 2.05) is 11.8 Å². The number of rotatable bonds is 1. The molecule has 1 saturated heterocycles. The number of ketones is 1. The number of Topliss-reactive ketones (excluding diaryl/α,β-unsaturated/α-hetero) is 1. The number of aryl methyl sites for hydroxylation is 1. The van der Waals surface area contributed by atoms with Crippen LogP contribution >= 0.6 is 0 Å². The number of carbonyl (C=O) groups is 1. The van der Waals surface area contributed by atoms with E-state index in [9.17, 15) is 18.0 Å². The van der Waals surface area contributed by atoms with E-state index >= 15 is 0 Å². The summed E-state index contributed by atoms with van der Waals surface area (Å²) in [4.78, 5) is 13.5. The van der Waals surface area contributed by atoms with Gasteiger partial charge in [0, 0.05) is 36.6 Å². The SMILES string of the molecule is Cc1c(N2CCC(=O)C(C)C2)nn2c(C(F)(F)F)nnc2c1C. The molecule has 2 aromatic heterocycles. The lowest BCUT2D eigenvalue weighted by atomic mass is 9.98. The maximum absolute atomic E-state index is 13.0. The van der Waals surface area contributed by atoms with Gasteiger partial charge in [0.15, 0.2) is 11.5 Å². The fourth-order valence-electron chi connectivity index (χ4n) is 2.80. The van der Waals surface area contributed by atoms with Crippen molar-refractivity contribution < 1.29 is 18.0 Å². The molecule has 0 bridgehead atoms. The third-order valence-electron chi connectivity index (χ3n) is 4.29. The Morgan fingerprint density at radius 1 is 1.17 bits per heavy atom. The summed E-state index contributed by atoms with van der Waals surface area (Å²) >= 11 is 0. The minimum Gasteiger partial charge on any atom is -0.354 e. The Morgan fingerprint density at radius 3 is 2.48 bits per heavy atom. The first kappa shape index (κ1) is 15.7. The van der Waals surface area contributed by atoms with Crippen LogP contribution in [0.1, 0.15) is 30.3 Å². The minimum absolute atomic E-state index is 0.0970. The topological polar surface area (TPSA) is 63.4 Å². The second-order valence-electron chi connectivity index (χ2n) is 5.89. The van der Waals surface area contributed by atoms with Crippen molar-refractivity contribution >= 4 is 17.2 Å². The normalized spacial score (nSPS) is 19.7. The van der Waals surface area contributed by atoms with Crippen LogP contribution in [0.3, 0.4) is 0 Å².